The SMILES string of the molecule is CC[C@@H](C(=O)Cc1cccc2c1CC=C2c1nc(Cc2cccc(S(C)(=O)=O)c2F)ncc1F)N1C[C@H](C)N(C)[C@@H](C)C1. The molecule has 43 heavy (non-hydrogen) atoms. The van der Waals surface area contributed by atoms with Crippen LogP contribution in [-0.2, 0) is 33.9 Å². The number of nitrogens with zero attached hydrogens (tertiary/aromatic N) is 4. The summed E-state index contributed by atoms with van der Waals surface area (Å²) in [4.78, 5) is 26.4. The van der Waals surface area contributed by atoms with Crippen LogP contribution in [0.1, 0.15) is 61.0 Å². The molecule has 1 aliphatic carbocycles. The van der Waals surface area contributed by atoms with E-state index in [4.69, 9.17) is 0 Å². The molecule has 0 bridgehead atoms. The molecule has 0 N–H and O–H groups in total. The number of piperazine rings is 1. The molecule has 2 heterocycles. The summed E-state index contributed by atoms with van der Waals surface area (Å²) in [5, 5.41) is 0. The second-order valence-corrected chi connectivity index (χ2v) is 13.8. The molecule has 228 valence electrons. The molecule has 0 unspecified atom stereocenters. The molecule has 0 radical (unpaired) electrons. The minimum Gasteiger partial charge on any atom is -0.298 e. The van der Waals surface area contributed by atoms with Crippen molar-refractivity contribution in [2.45, 2.75) is 69.5 Å². The molecule has 5 rings (SSSR count). The van der Waals surface area contributed by atoms with Crippen LogP contribution < -0.4 is 0 Å². The summed E-state index contributed by atoms with van der Waals surface area (Å²) in [6.45, 7) is 8.14. The van der Waals surface area contributed by atoms with Gasteiger partial charge in [-0.05, 0) is 62.1 Å². The van der Waals surface area contributed by atoms with Gasteiger partial charge in [0, 0.05) is 49.8 Å². The Balaban J connectivity index is 1.38. The molecule has 0 saturated carbocycles. The first-order chi connectivity index (χ1) is 20.4. The number of rotatable bonds is 9. The fourth-order valence-electron chi connectivity index (χ4n) is 6.35. The third kappa shape index (κ3) is 6.32. The van der Waals surface area contributed by atoms with Gasteiger partial charge in [0.1, 0.15) is 22.2 Å². The monoisotopic (exact) mass is 608 g/mol. The van der Waals surface area contributed by atoms with Gasteiger partial charge in [0.2, 0.25) is 0 Å². The van der Waals surface area contributed by atoms with Gasteiger partial charge >= 0.3 is 0 Å². The Kier molecular flexibility index (Phi) is 8.92. The van der Waals surface area contributed by atoms with E-state index in [1.165, 1.54) is 18.2 Å². The third-order valence-corrected chi connectivity index (χ3v) is 9.98. The third-order valence-electron chi connectivity index (χ3n) is 8.87. The number of aromatic nitrogens is 2. The molecular formula is C33H38F2N4O3S. The van der Waals surface area contributed by atoms with E-state index in [1.54, 1.807) is 0 Å². The Hall–Kier alpha value is -3.34. The Bertz CT molecular complexity index is 1680. The van der Waals surface area contributed by atoms with Crippen molar-refractivity contribution < 1.29 is 22.0 Å². The first-order valence-electron chi connectivity index (χ1n) is 14.7. The largest absolute Gasteiger partial charge is 0.298 e. The van der Waals surface area contributed by atoms with E-state index in [1.807, 2.05) is 24.3 Å². The summed E-state index contributed by atoms with van der Waals surface area (Å²) < 4.78 is 54.0. The topological polar surface area (TPSA) is 83.5 Å². The zero-order valence-corrected chi connectivity index (χ0v) is 26.1. The number of halogens is 2. The molecule has 3 aromatic rings. The average Bonchev–Trinajstić information content (AvgIpc) is 3.38. The van der Waals surface area contributed by atoms with Gasteiger partial charge in [0.05, 0.1) is 12.2 Å². The number of allylic oxidation sites excluding steroid dienone is 1. The number of ketones is 1. The molecule has 7 nitrogen and oxygen atoms in total. The van der Waals surface area contributed by atoms with E-state index in [-0.39, 0.29) is 35.3 Å². The molecule has 1 aliphatic heterocycles. The molecule has 3 atom stereocenters. The predicted molar refractivity (Wildman–Crippen MR) is 163 cm³/mol. The van der Waals surface area contributed by atoms with Gasteiger partial charge in [-0.25, -0.2) is 27.2 Å². The number of benzene rings is 2. The van der Waals surface area contributed by atoms with E-state index in [0.717, 1.165) is 48.7 Å². The zero-order chi connectivity index (χ0) is 31.1. The fraction of sp³-hybridized carbons (Fsp3) is 0.424. The highest BCUT2D eigenvalue weighted by Crippen LogP contribution is 2.35. The lowest BCUT2D eigenvalue weighted by Crippen LogP contribution is -2.59. The van der Waals surface area contributed by atoms with Crippen LogP contribution in [0.2, 0.25) is 0 Å². The number of fused-ring (bicyclic) bond motifs is 1. The summed E-state index contributed by atoms with van der Waals surface area (Å²) in [7, 11) is -1.63. The van der Waals surface area contributed by atoms with E-state index < -0.39 is 26.4 Å². The van der Waals surface area contributed by atoms with Crippen LogP contribution in [0.15, 0.2) is 53.6 Å². The minimum absolute atomic E-state index is 0.0961. The fourth-order valence-corrected chi connectivity index (χ4v) is 7.14. The van der Waals surface area contributed by atoms with Crippen LogP contribution in [0.3, 0.4) is 0 Å². The molecule has 2 aromatic carbocycles. The van der Waals surface area contributed by atoms with E-state index in [9.17, 15) is 17.6 Å². The van der Waals surface area contributed by atoms with Gasteiger partial charge in [-0.2, -0.15) is 0 Å². The van der Waals surface area contributed by atoms with Gasteiger partial charge < -0.3 is 0 Å². The quantitative estimate of drug-likeness (QED) is 0.350. The molecule has 0 spiro atoms. The highest BCUT2D eigenvalue weighted by molar-refractivity contribution is 7.90. The van der Waals surface area contributed by atoms with Crippen LogP contribution >= 0.6 is 0 Å². The predicted octanol–water partition coefficient (Wildman–Crippen LogP) is 4.65. The molecular weight excluding hydrogens is 570 g/mol. The summed E-state index contributed by atoms with van der Waals surface area (Å²) in [6, 6.07) is 10.5. The smallest absolute Gasteiger partial charge is 0.178 e. The standard InChI is InChI=1S/C33H38F2N4O3S/c1-6-28(39-18-20(2)38(4)21(3)19-39)29(40)15-22-9-7-11-25-24(22)13-14-26(25)33-27(34)17-36-31(37-33)16-23-10-8-12-30(32(23)35)43(5,41)42/h7-12,14,17,20-21,28H,6,13,15-16,18-19H2,1-5H3/t20-,21-,28-/m0/s1. The van der Waals surface area contributed by atoms with E-state index in [0.29, 0.717) is 30.5 Å². The molecule has 1 fully saturated rings. The van der Waals surface area contributed by atoms with Crippen molar-refractivity contribution in [3.63, 3.8) is 0 Å². The van der Waals surface area contributed by atoms with Crippen molar-refractivity contribution in [1.82, 2.24) is 19.8 Å². The molecule has 1 aromatic heterocycles. The Morgan fingerprint density at radius 1 is 1.07 bits per heavy atom. The lowest BCUT2D eigenvalue weighted by molar-refractivity contribution is -0.125. The maximum atomic E-state index is 15.1. The minimum atomic E-state index is -3.76. The van der Waals surface area contributed by atoms with Crippen molar-refractivity contribution in [1.29, 1.82) is 0 Å². The van der Waals surface area contributed by atoms with Crippen LogP contribution in [0.5, 0.6) is 0 Å². The van der Waals surface area contributed by atoms with Gasteiger partial charge in [-0.15, -0.1) is 0 Å². The molecule has 2 aliphatic rings. The number of sulfone groups is 1. The van der Waals surface area contributed by atoms with Crippen LogP contribution in [0, 0.1) is 11.6 Å². The first kappa shape index (κ1) is 31.1. The summed E-state index contributed by atoms with van der Waals surface area (Å²) in [5.41, 5.74) is 3.53. The van der Waals surface area contributed by atoms with Crippen molar-refractivity contribution in [3.05, 3.63) is 94.1 Å². The second-order valence-electron chi connectivity index (χ2n) is 11.8. The Morgan fingerprint density at radius 2 is 1.74 bits per heavy atom. The van der Waals surface area contributed by atoms with Gasteiger partial charge in [-0.3, -0.25) is 14.6 Å². The number of hydrogen-bond acceptors (Lipinski definition) is 7. The number of carbonyl (C=O) groups is 1. The van der Waals surface area contributed by atoms with Crippen LogP contribution in [0.4, 0.5) is 8.78 Å². The number of Topliss-reactive ketones (excluding diaryl/α,β-unsaturated/α-hetero) is 1. The Labute approximate surface area is 252 Å². The number of carbonyl (C=O) groups excluding carboxylic acids is 1. The Morgan fingerprint density at radius 3 is 2.42 bits per heavy atom. The van der Waals surface area contributed by atoms with Gasteiger partial charge in [0.15, 0.2) is 21.4 Å². The number of likely N-dealkylation sites (N-methyl/N-ethyl adjacent to an activating group) is 1. The maximum Gasteiger partial charge on any atom is 0.178 e. The first-order valence-corrected chi connectivity index (χ1v) is 16.6. The lowest BCUT2D eigenvalue weighted by Gasteiger charge is -2.45. The van der Waals surface area contributed by atoms with Crippen LogP contribution in [-0.4, -0.2) is 78.5 Å². The molecule has 0 amide bonds. The number of hydrogen-bond donors (Lipinski definition) is 0. The summed E-state index contributed by atoms with van der Waals surface area (Å²) in [5.74, 6) is -1.12. The van der Waals surface area contributed by atoms with Gasteiger partial charge in [-0.1, -0.05) is 43.3 Å². The highest BCUT2D eigenvalue weighted by Gasteiger charge is 2.33. The van der Waals surface area contributed by atoms with Crippen molar-refractivity contribution in [2.24, 2.45) is 0 Å². The van der Waals surface area contributed by atoms with Crippen LogP contribution in [0.25, 0.3) is 5.57 Å². The summed E-state index contributed by atoms with van der Waals surface area (Å²) in [6.07, 6.45) is 5.39. The average molecular weight is 609 g/mol. The molecule has 1 saturated heterocycles. The lowest BCUT2D eigenvalue weighted by atomic mass is 9.92. The summed E-state index contributed by atoms with van der Waals surface area (Å²) >= 11 is 0. The van der Waals surface area contributed by atoms with E-state index >= 15 is 4.39 Å². The van der Waals surface area contributed by atoms with E-state index in [2.05, 4.69) is 47.6 Å². The highest BCUT2D eigenvalue weighted by atomic mass is 32.2. The van der Waals surface area contributed by atoms with Crippen molar-refractivity contribution >= 4 is 21.2 Å². The normalized spacial score (nSPS) is 20.1. The van der Waals surface area contributed by atoms with Crippen molar-refractivity contribution in [2.75, 3.05) is 26.4 Å². The zero-order valence-electron chi connectivity index (χ0n) is 25.3. The second kappa shape index (κ2) is 12.3. The maximum absolute atomic E-state index is 15.1. The van der Waals surface area contributed by atoms with Crippen molar-refractivity contribution in [3.8, 4) is 0 Å². The van der Waals surface area contributed by atoms with Gasteiger partial charge in [0.25, 0.3) is 0 Å². The molecule has 10 heteroatoms.